The van der Waals surface area contributed by atoms with Crippen LogP contribution in [0.2, 0.25) is 0 Å². The molecule has 1 aliphatic rings. The number of hydrogen-bond acceptors (Lipinski definition) is 2. The minimum absolute atomic E-state index is 0.383. The Hall–Kier alpha value is -0.0800. The fraction of sp³-hybridized carbons (Fsp3) is 1.00. The van der Waals surface area contributed by atoms with E-state index >= 15 is 0 Å². The smallest absolute Gasteiger partial charge is 0.00105 e. The molecule has 2 heteroatoms. The van der Waals surface area contributed by atoms with Crippen LogP contribution in [0.25, 0.3) is 0 Å². The van der Waals surface area contributed by atoms with Crippen molar-refractivity contribution in [3.05, 3.63) is 0 Å². The molecule has 0 bridgehead atoms. The summed E-state index contributed by atoms with van der Waals surface area (Å²) in [5, 5.41) is 0. The van der Waals surface area contributed by atoms with Crippen LogP contribution in [0.15, 0.2) is 0 Å². The zero-order valence-electron chi connectivity index (χ0n) is 10.00. The largest absolute Gasteiger partial charge is 0.328 e. The van der Waals surface area contributed by atoms with Gasteiger partial charge >= 0.3 is 0 Å². The lowest BCUT2D eigenvalue weighted by molar-refractivity contribution is 0.283. The molecule has 14 heavy (non-hydrogen) atoms. The first-order chi connectivity index (χ1) is 6.58. The molecule has 84 valence electrons. The molecule has 0 amide bonds. The molecule has 0 aromatic rings. The van der Waals surface area contributed by atoms with E-state index in [-0.39, 0.29) is 0 Å². The highest BCUT2D eigenvalue weighted by molar-refractivity contribution is 4.76. The Kier molecular flexibility index (Phi) is 4.90. The van der Waals surface area contributed by atoms with E-state index in [0.717, 1.165) is 11.8 Å². The van der Waals surface area contributed by atoms with Gasteiger partial charge in [0.05, 0.1) is 0 Å². The summed E-state index contributed by atoms with van der Waals surface area (Å²) in [7, 11) is 0. The summed E-state index contributed by atoms with van der Waals surface area (Å²) in [4.78, 5) is 2.61. The lowest BCUT2D eigenvalue weighted by Gasteiger charge is -2.18. The quantitative estimate of drug-likeness (QED) is 0.733. The SMILES string of the molecule is CC(C)CN1CCC(CCC(C)N)C1. The van der Waals surface area contributed by atoms with Crippen molar-refractivity contribution < 1.29 is 0 Å². The first-order valence-electron chi connectivity index (χ1n) is 6.06. The number of rotatable bonds is 5. The highest BCUT2D eigenvalue weighted by atomic mass is 15.1. The third kappa shape index (κ3) is 4.43. The summed E-state index contributed by atoms with van der Waals surface area (Å²) in [6.45, 7) is 10.6. The molecule has 2 unspecified atom stereocenters. The van der Waals surface area contributed by atoms with Crippen molar-refractivity contribution in [1.29, 1.82) is 0 Å². The van der Waals surface area contributed by atoms with Gasteiger partial charge in [0.2, 0.25) is 0 Å². The first kappa shape index (κ1) is 12.0. The number of hydrogen-bond donors (Lipinski definition) is 1. The summed E-state index contributed by atoms with van der Waals surface area (Å²) < 4.78 is 0. The Morgan fingerprint density at radius 1 is 1.36 bits per heavy atom. The van der Waals surface area contributed by atoms with E-state index in [4.69, 9.17) is 5.73 Å². The molecular weight excluding hydrogens is 172 g/mol. The lowest BCUT2D eigenvalue weighted by Crippen LogP contribution is -2.25. The maximum absolute atomic E-state index is 5.77. The van der Waals surface area contributed by atoms with Gasteiger partial charge in [-0.3, -0.25) is 0 Å². The normalized spacial score (nSPS) is 25.9. The van der Waals surface area contributed by atoms with Gasteiger partial charge < -0.3 is 10.6 Å². The Bertz CT molecular complexity index is 154. The molecule has 0 aromatic carbocycles. The molecule has 0 aliphatic carbocycles. The fourth-order valence-electron chi connectivity index (χ4n) is 2.33. The van der Waals surface area contributed by atoms with E-state index in [1.54, 1.807) is 0 Å². The summed E-state index contributed by atoms with van der Waals surface area (Å²) in [5.41, 5.74) is 5.77. The molecule has 0 radical (unpaired) electrons. The van der Waals surface area contributed by atoms with Crippen LogP contribution in [0, 0.1) is 11.8 Å². The Labute approximate surface area is 88.8 Å². The molecule has 2 nitrogen and oxygen atoms in total. The maximum atomic E-state index is 5.77. The molecule has 1 aliphatic heterocycles. The molecule has 1 rings (SSSR count). The lowest BCUT2D eigenvalue weighted by atomic mass is 10.0. The number of nitrogens with zero attached hydrogens (tertiary/aromatic N) is 1. The van der Waals surface area contributed by atoms with Gasteiger partial charge in [0.1, 0.15) is 0 Å². The highest BCUT2D eigenvalue weighted by Crippen LogP contribution is 2.22. The van der Waals surface area contributed by atoms with E-state index in [9.17, 15) is 0 Å². The van der Waals surface area contributed by atoms with Gasteiger partial charge in [-0.05, 0) is 44.6 Å². The van der Waals surface area contributed by atoms with Crippen molar-refractivity contribution in [1.82, 2.24) is 4.90 Å². The van der Waals surface area contributed by atoms with E-state index in [0.29, 0.717) is 6.04 Å². The fourth-order valence-corrected chi connectivity index (χ4v) is 2.33. The van der Waals surface area contributed by atoms with E-state index in [1.807, 2.05) is 0 Å². The minimum atomic E-state index is 0.383. The van der Waals surface area contributed by atoms with Gasteiger partial charge in [-0.25, -0.2) is 0 Å². The van der Waals surface area contributed by atoms with Gasteiger partial charge in [0.25, 0.3) is 0 Å². The Morgan fingerprint density at radius 3 is 2.64 bits per heavy atom. The monoisotopic (exact) mass is 198 g/mol. The second kappa shape index (κ2) is 5.72. The van der Waals surface area contributed by atoms with Crippen molar-refractivity contribution >= 4 is 0 Å². The van der Waals surface area contributed by atoms with Gasteiger partial charge in [-0.1, -0.05) is 13.8 Å². The Morgan fingerprint density at radius 2 is 2.07 bits per heavy atom. The van der Waals surface area contributed by atoms with Gasteiger partial charge in [0.15, 0.2) is 0 Å². The zero-order valence-corrected chi connectivity index (χ0v) is 10.00. The number of nitrogens with two attached hydrogens (primary N) is 1. The third-order valence-electron chi connectivity index (χ3n) is 3.02. The van der Waals surface area contributed by atoms with Gasteiger partial charge in [-0.2, -0.15) is 0 Å². The molecular formula is C12H26N2. The maximum Gasteiger partial charge on any atom is 0.00105 e. The summed E-state index contributed by atoms with van der Waals surface area (Å²) in [6.07, 6.45) is 3.91. The summed E-state index contributed by atoms with van der Waals surface area (Å²) in [6, 6.07) is 0.383. The van der Waals surface area contributed by atoms with Crippen LogP contribution in [0.3, 0.4) is 0 Å². The average Bonchev–Trinajstić information content (AvgIpc) is 2.47. The second-order valence-corrected chi connectivity index (χ2v) is 5.36. The molecule has 1 heterocycles. The predicted octanol–water partition coefficient (Wildman–Crippen LogP) is 2.09. The highest BCUT2D eigenvalue weighted by Gasteiger charge is 2.22. The van der Waals surface area contributed by atoms with E-state index < -0.39 is 0 Å². The van der Waals surface area contributed by atoms with Crippen molar-refractivity contribution in [3.8, 4) is 0 Å². The third-order valence-corrected chi connectivity index (χ3v) is 3.02. The summed E-state index contributed by atoms with van der Waals surface area (Å²) >= 11 is 0. The summed E-state index contributed by atoms with van der Waals surface area (Å²) in [5.74, 6) is 1.72. The van der Waals surface area contributed by atoms with E-state index in [2.05, 4.69) is 25.7 Å². The molecule has 2 N–H and O–H groups in total. The van der Waals surface area contributed by atoms with Crippen LogP contribution in [0.5, 0.6) is 0 Å². The molecule has 0 saturated carbocycles. The van der Waals surface area contributed by atoms with Crippen LogP contribution in [0.4, 0.5) is 0 Å². The topological polar surface area (TPSA) is 29.3 Å². The second-order valence-electron chi connectivity index (χ2n) is 5.36. The van der Waals surface area contributed by atoms with Gasteiger partial charge in [0, 0.05) is 19.1 Å². The molecule has 1 saturated heterocycles. The van der Waals surface area contributed by atoms with Crippen LogP contribution < -0.4 is 5.73 Å². The first-order valence-corrected chi connectivity index (χ1v) is 6.06. The van der Waals surface area contributed by atoms with Crippen molar-refractivity contribution in [3.63, 3.8) is 0 Å². The molecule has 2 atom stereocenters. The number of likely N-dealkylation sites (tertiary alicyclic amines) is 1. The van der Waals surface area contributed by atoms with Crippen LogP contribution in [-0.4, -0.2) is 30.6 Å². The average molecular weight is 198 g/mol. The van der Waals surface area contributed by atoms with Crippen molar-refractivity contribution in [2.24, 2.45) is 17.6 Å². The van der Waals surface area contributed by atoms with E-state index in [1.165, 1.54) is 38.9 Å². The van der Waals surface area contributed by atoms with Gasteiger partial charge in [-0.15, -0.1) is 0 Å². The Balaban J connectivity index is 2.14. The minimum Gasteiger partial charge on any atom is -0.328 e. The predicted molar refractivity (Wildman–Crippen MR) is 62.3 cm³/mol. The van der Waals surface area contributed by atoms with Crippen LogP contribution in [-0.2, 0) is 0 Å². The molecule has 1 fully saturated rings. The van der Waals surface area contributed by atoms with Crippen molar-refractivity contribution in [2.45, 2.75) is 46.1 Å². The molecule has 0 spiro atoms. The standard InChI is InChI=1S/C12H26N2/c1-10(2)8-14-7-6-12(9-14)5-4-11(3)13/h10-12H,4-9,13H2,1-3H3. The molecule has 0 aromatic heterocycles. The van der Waals surface area contributed by atoms with Crippen molar-refractivity contribution in [2.75, 3.05) is 19.6 Å². The zero-order chi connectivity index (χ0) is 10.6. The van der Waals surface area contributed by atoms with Crippen LogP contribution in [0.1, 0.15) is 40.0 Å². The van der Waals surface area contributed by atoms with Crippen LogP contribution >= 0.6 is 0 Å².